The Labute approximate surface area is 114 Å². The van der Waals surface area contributed by atoms with Gasteiger partial charge in [0.25, 0.3) is 0 Å². The van der Waals surface area contributed by atoms with Crippen LogP contribution in [-0.2, 0) is 4.79 Å². The van der Waals surface area contributed by atoms with Crippen molar-refractivity contribution in [3.63, 3.8) is 0 Å². The molecule has 0 radical (unpaired) electrons. The minimum absolute atomic E-state index is 0.0385. The van der Waals surface area contributed by atoms with E-state index in [1.165, 1.54) is 25.7 Å². The number of carbonyl (C=O) groups excluding carboxylic acids is 1. The number of nitrogens with one attached hydrogen (secondary N) is 1. The number of hydrogen-bond donors (Lipinski definition) is 1. The van der Waals surface area contributed by atoms with E-state index in [-0.39, 0.29) is 10.7 Å². The van der Waals surface area contributed by atoms with Crippen LogP contribution in [0, 0.1) is 22.7 Å². The van der Waals surface area contributed by atoms with Crippen molar-refractivity contribution >= 4 is 17.7 Å². The maximum atomic E-state index is 12.2. The molecule has 0 unspecified atom stereocenters. The second kappa shape index (κ2) is 5.13. The van der Waals surface area contributed by atoms with Crippen LogP contribution in [0.3, 0.4) is 0 Å². The first-order chi connectivity index (χ1) is 8.56. The molecule has 0 aliphatic heterocycles. The summed E-state index contributed by atoms with van der Waals surface area (Å²) >= 11 is 1.87. The lowest BCUT2D eigenvalue weighted by molar-refractivity contribution is -0.134. The van der Waals surface area contributed by atoms with Gasteiger partial charge in [-0.15, -0.1) is 0 Å². The highest BCUT2D eigenvalue weighted by molar-refractivity contribution is 8.00. The highest BCUT2D eigenvalue weighted by Gasteiger charge is 2.49. The van der Waals surface area contributed by atoms with Crippen molar-refractivity contribution in [2.45, 2.75) is 50.2 Å². The van der Waals surface area contributed by atoms with Crippen LogP contribution in [0.1, 0.15) is 45.4 Å². The molecule has 2 fully saturated rings. The topological polar surface area (TPSA) is 52.9 Å². The van der Waals surface area contributed by atoms with Crippen LogP contribution in [0.15, 0.2) is 0 Å². The summed E-state index contributed by atoms with van der Waals surface area (Å²) in [7, 11) is 0. The summed E-state index contributed by atoms with van der Waals surface area (Å²) in [5.41, 5.74) is -0.725. The van der Waals surface area contributed by atoms with E-state index in [1.54, 1.807) is 0 Å². The van der Waals surface area contributed by atoms with Gasteiger partial charge in [-0.3, -0.25) is 4.79 Å². The lowest BCUT2D eigenvalue weighted by atomic mass is 9.63. The molecular weight excluding hydrogens is 244 g/mol. The SMILES string of the molecule is CSC1(CNC(=O)C2(C#N)CC(C)C2)CCCC1. The van der Waals surface area contributed by atoms with Gasteiger partial charge in [-0.05, 0) is 37.9 Å². The van der Waals surface area contributed by atoms with Crippen molar-refractivity contribution in [1.29, 1.82) is 5.26 Å². The van der Waals surface area contributed by atoms with Crippen molar-refractivity contribution in [2.24, 2.45) is 11.3 Å². The molecule has 0 saturated heterocycles. The van der Waals surface area contributed by atoms with Crippen LogP contribution in [0.25, 0.3) is 0 Å². The van der Waals surface area contributed by atoms with Gasteiger partial charge in [0.15, 0.2) is 0 Å². The zero-order chi connectivity index (χ0) is 13.2. The van der Waals surface area contributed by atoms with Gasteiger partial charge in [-0.25, -0.2) is 0 Å². The number of nitrogens with zero attached hydrogens (tertiary/aromatic N) is 1. The van der Waals surface area contributed by atoms with Gasteiger partial charge < -0.3 is 5.32 Å². The fraction of sp³-hybridized carbons (Fsp3) is 0.857. The van der Waals surface area contributed by atoms with Crippen molar-refractivity contribution in [2.75, 3.05) is 12.8 Å². The normalized spacial score (nSPS) is 33.5. The van der Waals surface area contributed by atoms with Gasteiger partial charge in [-0.2, -0.15) is 17.0 Å². The summed E-state index contributed by atoms with van der Waals surface area (Å²) in [6.07, 6.45) is 8.47. The largest absolute Gasteiger partial charge is 0.353 e. The van der Waals surface area contributed by atoms with Gasteiger partial charge in [0.2, 0.25) is 5.91 Å². The van der Waals surface area contributed by atoms with Gasteiger partial charge in [0.05, 0.1) is 6.07 Å². The maximum Gasteiger partial charge on any atom is 0.240 e. The molecule has 4 heteroatoms. The standard InChI is InChI=1S/C14H22N2OS/c1-11-7-13(8-11,9-15)12(17)16-10-14(18-2)5-3-4-6-14/h11H,3-8,10H2,1-2H3,(H,16,17). The molecule has 2 aliphatic rings. The Hall–Kier alpha value is -0.690. The third-order valence-electron chi connectivity index (χ3n) is 4.56. The van der Waals surface area contributed by atoms with E-state index in [1.807, 2.05) is 11.8 Å². The first-order valence-electron chi connectivity index (χ1n) is 6.81. The van der Waals surface area contributed by atoms with Crippen LogP contribution >= 0.6 is 11.8 Å². The fourth-order valence-corrected chi connectivity index (χ4v) is 4.25. The van der Waals surface area contributed by atoms with E-state index < -0.39 is 5.41 Å². The molecular formula is C14H22N2OS. The van der Waals surface area contributed by atoms with Crippen molar-refractivity contribution in [1.82, 2.24) is 5.32 Å². The van der Waals surface area contributed by atoms with Gasteiger partial charge in [0, 0.05) is 11.3 Å². The van der Waals surface area contributed by atoms with Crippen LogP contribution in [0.5, 0.6) is 0 Å². The van der Waals surface area contributed by atoms with Gasteiger partial charge in [-0.1, -0.05) is 19.8 Å². The molecule has 1 amide bonds. The second-order valence-electron chi connectivity index (χ2n) is 5.98. The first kappa shape index (κ1) is 13.7. The zero-order valence-corrected chi connectivity index (χ0v) is 12.1. The van der Waals surface area contributed by atoms with E-state index in [0.717, 1.165) is 19.4 Å². The maximum absolute atomic E-state index is 12.2. The summed E-state index contributed by atoms with van der Waals surface area (Å²) in [4.78, 5) is 12.2. The fourth-order valence-electron chi connectivity index (χ4n) is 3.34. The summed E-state index contributed by atoms with van der Waals surface area (Å²) in [6.45, 7) is 2.83. The van der Waals surface area contributed by atoms with E-state index in [4.69, 9.17) is 0 Å². The average Bonchev–Trinajstić information content (AvgIpc) is 2.81. The van der Waals surface area contributed by atoms with Crippen molar-refractivity contribution in [3.8, 4) is 6.07 Å². The minimum Gasteiger partial charge on any atom is -0.353 e. The Balaban J connectivity index is 1.90. The van der Waals surface area contributed by atoms with Gasteiger partial charge in [0.1, 0.15) is 5.41 Å². The molecule has 3 nitrogen and oxygen atoms in total. The molecule has 0 aromatic heterocycles. The number of hydrogen-bond acceptors (Lipinski definition) is 3. The molecule has 0 aromatic rings. The third kappa shape index (κ3) is 2.38. The molecule has 0 heterocycles. The van der Waals surface area contributed by atoms with E-state index in [9.17, 15) is 10.1 Å². The summed E-state index contributed by atoms with van der Waals surface area (Å²) in [5.74, 6) is 0.472. The molecule has 0 bridgehead atoms. The molecule has 2 rings (SSSR count). The van der Waals surface area contributed by atoms with E-state index >= 15 is 0 Å². The molecule has 18 heavy (non-hydrogen) atoms. The molecule has 0 spiro atoms. The minimum atomic E-state index is -0.725. The summed E-state index contributed by atoms with van der Waals surface area (Å²) in [6, 6.07) is 2.23. The highest BCUT2D eigenvalue weighted by Crippen LogP contribution is 2.45. The number of amides is 1. The molecule has 0 aromatic carbocycles. The molecule has 2 aliphatic carbocycles. The van der Waals surface area contributed by atoms with Crippen LogP contribution < -0.4 is 5.32 Å². The van der Waals surface area contributed by atoms with Crippen molar-refractivity contribution in [3.05, 3.63) is 0 Å². The Bertz CT molecular complexity index is 362. The average molecular weight is 266 g/mol. The number of carbonyl (C=O) groups is 1. The Kier molecular flexibility index (Phi) is 3.91. The first-order valence-corrected chi connectivity index (χ1v) is 8.03. The Morgan fingerprint density at radius 3 is 2.50 bits per heavy atom. The summed E-state index contributed by atoms with van der Waals surface area (Å²) in [5, 5.41) is 12.3. The zero-order valence-electron chi connectivity index (χ0n) is 11.3. The number of thioether (sulfide) groups is 1. The molecule has 100 valence electrons. The monoisotopic (exact) mass is 266 g/mol. The van der Waals surface area contributed by atoms with Gasteiger partial charge >= 0.3 is 0 Å². The Morgan fingerprint density at radius 1 is 1.44 bits per heavy atom. The Morgan fingerprint density at radius 2 is 2.06 bits per heavy atom. The predicted molar refractivity (Wildman–Crippen MR) is 74.2 cm³/mol. The van der Waals surface area contributed by atoms with E-state index in [2.05, 4.69) is 24.6 Å². The number of rotatable bonds is 4. The lowest BCUT2D eigenvalue weighted by Crippen LogP contribution is -2.51. The summed E-state index contributed by atoms with van der Waals surface area (Å²) < 4.78 is 0.224. The van der Waals surface area contributed by atoms with Crippen LogP contribution in [0.4, 0.5) is 0 Å². The van der Waals surface area contributed by atoms with Crippen LogP contribution in [-0.4, -0.2) is 23.5 Å². The third-order valence-corrected chi connectivity index (χ3v) is 5.98. The second-order valence-corrected chi connectivity index (χ2v) is 7.26. The quantitative estimate of drug-likeness (QED) is 0.851. The smallest absolute Gasteiger partial charge is 0.240 e. The lowest BCUT2D eigenvalue weighted by Gasteiger charge is -2.40. The van der Waals surface area contributed by atoms with Crippen molar-refractivity contribution < 1.29 is 4.79 Å². The molecule has 1 N–H and O–H groups in total. The van der Waals surface area contributed by atoms with E-state index in [0.29, 0.717) is 5.92 Å². The highest BCUT2D eigenvalue weighted by atomic mass is 32.2. The molecule has 0 atom stereocenters. The van der Waals surface area contributed by atoms with Crippen LogP contribution in [0.2, 0.25) is 0 Å². The predicted octanol–water partition coefficient (Wildman–Crippen LogP) is 2.72. The number of nitriles is 1. The molecule has 2 saturated carbocycles.